The molecule has 0 unspecified atom stereocenters. The summed E-state index contributed by atoms with van der Waals surface area (Å²) in [6.45, 7) is 5.63. The average Bonchev–Trinajstić information content (AvgIpc) is 2.32. The Balaban J connectivity index is 3.16. The zero-order chi connectivity index (χ0) is 16.2. The fourth-order valence-electron chi connectivity index (χ4n) is 2.30. The molecule has 1 rings (SSSR count). The van der Waals surface area contributed by atoms with Gasteiger partial charge in [-0.1, -0.05) is 6.07 Å². The van der Waals surface area contributed by atoms with Gasteiger partial charge >= 0.3 is 5.97 Å². The van der Waals surface area contributed by atoms with Gasteiger partial charge < -0.3 is 9.47 Å². The van der Waals surface area contributed by atoms with E-state index in [4.69, 9.17) is 20.2 Å². The highest BCUT2D eigenvalue weighted by Crippen LogP contribution is 2.29. The second-order valence-corrected chi connectivity index (χ2v) is 7.26. The first-order valence-electron chi connectivity index (χ1n) is 6.41. The van der Waals surface area contributed by atoms with E-state index >= 15 is 0 Å². The van der Waals surface area contributed by atoms with Crippen molar-refractivity contribution in [2.75, 3.05) is 20.3 Å². The van der Waals surface area contributed by atoms with Gasteiger partial charge in [-0.05, 0) is 37.5 Å². The molecule has 0 radical (unpaired) electrons. The van der Waals surface area contributed by atoms with E-state index in [1.807, 2.05) is 0 Å². The van der Waals surface area contributed by atoms with Gasteiger partial charge in [0.2, 0.25) is 0 Å². The van der Waals surface area contributed by atoms with E-state index in [1.165, 1.54) is 0 Å². The number of halogens is 1. The summed E-state index contributed by atoms with van der Waals surface area (Å²) in [5.41, 5.74) is 1.73. The number of ether oxygens (including phenoxy) is 2. The molecule has 118 valence electrons. The minimum Gasteiger partial charge on any atom is -0.462 e. The van der Waals surface area contributed by atoms with E-state index in [9.17, 15) is 13.2 Å². The van der Waals surface area contributed by atoms with Gasteiger partial charge in [-0.25, -0.2) is 13.2 Å². The molecule has 0 aliphatic carbocycles. The lowest BCUT2D eigenvalue weighted by molar-refractivity contribution is 0.0466. The van der Waals surface area contributed by atoms with Crippen molar-refractivity contribution in [2.24, 2.45) is 0 Å². The number of hydrogen-bond acceptors (Lipinski definition) is 5. The van der Waals surface area contributed by atoms with E-state index < -0.39 is 15.0 Å². The maximum absolute atomic E-state index is 12.1. The SMILES string of the molecule is COCCCOC(=O)c1c(C)cc(C)c(S(=O)(=O)Cl)c1C. The van der Waals surface area contributed by atoms with Gasteiger partial charge in [-0.3, -0.25) is 0 Å². The van der Waals surface area contributed by atoms with E-state index in [1.54, 1.807) is 33.9 Å². The van der Waals surface area contributed by atoms with Crippen LogP contribution in [-0.4, -0.2) is 34.7 Å². The first-order chi connectivity index (χ1) is 9.70. The van der Waals surface area contributed by atoms with Crippen molar-refractivity contribution >= 4 is 25.7 Å². The van der Waals surface area contributed by atoms with Crippen LogP contribution in [-0.2, 0) is 18.5 Å². The highest BCUT2D eigenvalue weighted by Gasteiger charge is 2.24. The van der Waals surface area contributed by atoms with Crippen LogP contribution < -0.4 is 0 Å². The Morgan fingerprint density at radius 3 is 2.33 bits per heavy atom. The van der Waals surface area contributed by atoms with E-state index in [2.05, 4.69) is 0 Å². The highest BCUT2D eigenvalue weighted by molar-refractivity contribution is 8.13. The third-order valence-electron chi connectivity index (χ3n) is 3.07. The Kier molecular flexibility index (Phi) is 6.19. The van der Waals surface area contributed by atoms with Gasteiger partial charge in [-0.2, -0.15) is 0 Å². The Morgan fingerprint density at radius 2 is 1.81 bits per heavy atom. The summed E-state index contributed by atoms with van der Waals surface area (Å²) in [4.78, 5) is 12.1. The molecule has 0 heterocycles. The molecule has 0 spiro atoms. The maximum atomic E-state index is 12.1. The number of methoxy groups -OCH3 is 1. The monoisotopic (exact) mass is 334 g/mol. The molecule has 0 saturated carbocycles. The third kappa shape index (κ3) is 4.43. The first-order valence-corrected chi connectivity index (χ1v) is 8.72. The van der Waals surface area contributed by atoms with E-state index in [0.717, 1.165) is 0 Å². The molecule has 0 N–H and O–H groups in total. The second kappa shape index (κ2) is 7.24. The summed E-state index contributed by atoms with van der Waals surface area (Å²) in [6.07, 6.45) is 0.576. The minimum atomic E-state index is -3.92. The lowest BCUT2D eigenvalue weighted by Gasteiger charge is -2.14. The number of carbonyl (C=O) groups is 1. The smallest absolute Gasteiger partial charge is 0.338 e. The predicted molar refractivity (Wildman–Crippen MR) is 80.5 cm³/mol. The summed E-state index contributed by atoms with van der Waals surface area (Å²) in [5, 5.41) is 0. The van der Waals surface area contributed by atoms with Crippen LogP contribution in [0.1, 0.15) is 33.5 Å². The molecule has 0 fully saturated rings. The Bertz CT molecular complexity index is 637. The van der Waals surface area contributed by atoms with Crippen LogP contribution >= 0.6 is 10.7 Å². The minimum absolute atomic E-state index is 0.0291. The van der Waals surface area contributed by atoms with Crippen molar-refractivity contribution in [3.8, 4) is 0 Å². The fraction of sp³-hybridized carbons (Fsp3) is 0.500. The lowest BCUT2D eigenvalue weighted by atomic mass is 10.00. The van der Waals surface area contributed by atoms with Crippen LogP contribution in [0.25, 0.3) is 0 Å². The molecule has 0 atom stereocenters. The van der Waals surface area contributed by atoms with Crippen LogP contribution in [0.5, 0.6) is 0 Å². The van der Waals surface area contributed by atoms with Crippen molar-refractivity contribution in [2.45, 2.75) is 32.1 Å². The first kappa shape index (κ1) is 17.9. The van der Waals surface area contributed by atoms with Crippen LogP contribution in [0.4, 0.5) is 0 Å². The Hall–Kier alpha value is -1.11. The van der Waals surface area contributed by atoms with Crippen molar-refractivity contribution in [3.63, 3.8) is 0 Å². The third-order valence-corrected chi connectivity index (χ3v) is 4.65. The number of carbonyl (C=O) groups excluding carboxylic acids is 1. The molecular formula is C14H19ClO5S. The molecule has 0 saturated heterocycles. The molecule has 1 aromatic carbocycles. The van der Waals surface area contributed by atoms with Gasteiger partial charge in [0.15, 0.2) is 0 Å². The molecule has 0 aliphatic heterocycles. The quantitative estimate of drug-likeness (QED) is 0.454. The fourth-order valence-corrected chi connectivity index (χ4v) is 3.92. The summed E-state index contributed by atoms with van der Waals surface area (Å²) < 4.78 is 33.3. The van der Waals surface area contributed by atoms with Gasteiger partial charge in [0.25, 0.3) is 9.05 Å². The maximum Gasteiger partial charge on any atom is 0.338 e. The van der Waals surface area contributed by atoms with Crippen molar-refractivity contribution in [1.82, 2.24) is 0 Å². The van der Waals surface area contributed by atoms with Gasteiger partial charge in [0.05, 0.1) is 17.1 Å². The average molecular weight is 335 g/mol. The van der Waals surface area contributed by atoms with Gasteiger partial charge in [-0.15, -0.1) is 0 Å². The van der Waals surface area contributed by atoms with Gasteiger partial charge in [0, 0.05) is 30.8 Å². The van der Waals surface area contributed by atoms with Crippen LogP contribution in [0, 0.1) is 20.8 Å². The molecule has 1 aromatic rings. The number of rotatable bonds is 6. The summed E-state index contributed by atoms with van der Waals surface area (Å²) in [5.74, 6) is -0.553. The summed E-state index contributed by atoms with van der Waals surface area (Å²) in [7, 11) is 3.09. The molecule has 21 heavy (non-hydrogen) atoms. The van der Waals surface area contributed by atoms with Crippen molar-refractivity contribution in [3.05, 3.63) is 28.3 Å². The Morgan fingerprint density at radius 1 is 1.19 bits per heavy atom. The molecule has 0 aliphatic rings. The predicted octanol–water partition coefficient (Wildman–Crippen LogP) is 2.73. The topological polar surface area (TPSA) is 69.7 Å². The molecule has 0 bridgehead atoms. The zero-order valence-corrected chi connectivity index (χ0v) is 14.1. The molecular weight excluding hydrogens is 316 g/mol. The number of benzene rings is 1. The summed E-state index contributed by atoms with van der Waals surface area (Å²) >= 11 is 0. The highest BCUT2D eigenvalue weighted by atomic mass is 35.7. The van der Waals surface area contributed by atoms with Crippen LogP contribution in [0.3, 0.4) is 0 Å². The van der Waals surface area contributed by atoms with Crippen molar-refractivity contribution in [1.29, 1.82) is 0 Å². The number of hydrogen-bond donors (Lipinski definition) is 0. The standard InChI is InChI=1S/C14H19ClO5S/c1-9-8-10(2)13(21(15,17)18)11(3)12(9)14(16)20-7-5-6-19-4/h8H,5-7H2,1-4H3. The zero-order valence-electron chi connectivity index (χ0n) is 12.5. The van der Waals surface area contributed by atoms with Crippen LogP contribution in [0.2, 0.25) is 0 Å². The van der Waals surface area contributed by atoms with E-state index in [0.29, 0.717) is 29.7 Å². The Labute approximate surface area is 129 Å². The largest absolute Gasteiger partial charge is 0.462 e. The second-order valence-electron chi connectivity index (χ2n) is 4.76. The molecule has 5 nitrogen and oxygen atoms in total. The normalized spacial score (nSPS) is 11.5. The molecule has 0 amide bonds. The number of aryl methyl sites for hydroxylation is 2. The van der Waals surface area contributed by atoms with Crippen LogP contribution in [0.15, 0.2) is 11.0 Å². The van der Waals surface area contributed by atoms with E-state index in [-0.39, 0.29) is 17.1 Å². The molecule has 0 aromatic heterocycles. The summed E-state index contributed by atoms with van der Waals surface area (Å²) in [6, 6.07) is 1.62. The van der Waals surface area contributed by atoms with Gasteiger partial charge in [0.1, 0.15) is 0 Å². The number of esters is 1. The molecule has 7 heteroatoms. The van der Waals surface area contributed by atoms with Crippen molar-refractivity contribution < 1.29 is 22.7 Å². The lowest BCUT2D eigenvalue weighted by Crippen LogP contribution is -2.14.